The van der Waals surface area contributed by atoms with Gasteiger partial charge in [-0.2, -0.15) is 4.98 Å². The second kappa shape index (κ2) is 20.1. The van der Waals surface area contributed by atoms with Gasteiger partial charge in [0, 0.05) is 69.4 Å². The Balaban J connectivity index is 1.54. The quantitative estimate of drug-likeness (QED) is 0.0845. The van der Waals surface area contributed by atoms with Crippen molar-refractivity contribution in [3.8, 4) is 29.0 Å². The molecule has 2 aromatic heterocycles. The molecular weight excluding hydrogens is 741 g/mol. The largest absolute Gasteiger partial charge is 0.497 e. The Kier molecular flexibility index (Phi) is 15.0. The predicted octanol–water partition coefficient (Wildman–Crippen LogP) is 7.30. The van der Waals surface area contributed by atoms with Crippen molar-refractivity contribution in [3.05, 3.63) is 94.8 Å². The number of methoxy groups -OCH3 is 4. The molecule has 1 N–H and O–H groups in total. The predicted molar refractivity (Wildman–Crippen MR) is 223 cm³/mol. The molecule has 0 aliphatic heterocycles. The lowest BCUT2D eigenvalue weighted by molar-refractivity contribution is 0.0300. The number of hydrogen-bond acceptors (Lipinski definition) is 12. The number of benzene rings is 3. The molecule has 0 aliphatic rings. The number of rotatable bonds is 20. The first kappa shape index (κ1) is 43.4. The van der Waals surface area contributed by atoms with Gasteiger partial charge in [-0.3, -0.25) is 0 Å². The molecule has 3 aromatic carbocycles. The minimum atomic E-state index is -0.549. The van der Waals surface area contributed by atoms with E-state index in [2.05, 4.69) is 36.1 Å². The van der Waals surface area contributed by atoms with E-state index in [1.807, 2.05) is 63.4 Å². The van der Waals surface area contributed by atoms with Crippen LogP contribution in [-0.2, 0) is 30.7 Å². The number of aliphatic hydroxyl groups is 1. The van der Waals surface area contributed by atoms with Gasteiger partial charge in [0.05, 0.1) is 40.3 Å². The number of likely N-dealkylation sites (N-methyl/N-ethyl adjacent to an activating group) is 1. The Morgan fingerprint density at radius 2 is 1.45 bits per heavy atom. The SMILES string of the molecule is CCCC(CCO)Oc1nc(N(Cc2ccc(OC)cc2OC)Cc2ccc(OC)cc2OC)c2ncc(Cc3ccc(CCN(C)C(=O)OC(C)(C)C)cc3)n2n1. The second-order valence-electron chi connectivity index (χ2n) is 15.1. The van der Waals surface area contributed by atoms with Crippen LogP contribution in [0.2, 0.25) is 0 Å². The maximum atomic E-state index is 12.5. The molecule has 5 aromatic rings. The number of carbonyl (C=O) groups excluding carboxylic acids is 1. The number of carbonyl (C=O) groups is 1. The highest BCUT2D eigenvalue weighted by Crippen LogP contribution is 2.33. The zero-order valence-electron chi connectivity index (χ0n) is 35.3. The molecule has 2 heterocycles. The fourth-order valence-corrected chi connectivity index (χ4v) is 6.50. The minimum absolute atomic E-state index is 0.0238. The number of aliphatic hydroxyl groups excluding tert-OH is 1. The standard InChI is InChI=1S/C44H58N6O8/c1-10-11-35(21-23-51)57-42-46-41(49(28-32-16-18-36(53-6)25-38(32)55-8)29-33-17-19-37(54-7)26-39(33)56-9)40-45-27-34(50(40)47-42)24-31-14-12-30(13-15-31)20-22-48(5)43(52)58-44(2,3)4/h12-19,25-27,35,51H,10-11,20-24,28-29H2,1-9H3. The van der Waals surface area contributed by atoms with Gasteiger partial charge in [0.2, 0.25) is 0 Å². The van der Waals surface area contributed by atoms with E-state index in [9.17, 15) is 9.90 Å². The number of amides is 1. The molecule has 0 radical (unpaired) electrons. The first-order valence-electron chi connectivity index (χ1n) is 19.6. The van der Waals surface area contributed by atoms with Gasteiger partial charge in [0.15, 0.2) is 11.5 Å². The lowest BCUT2D eigenvalue weighted by Crippen LogP contribution is -2.35. The van der Waals surface area contributed by atoms with Crippen LogP contribution in [0.4, 0.5) is 10.6 Å². The molecule has 0 spiro atoms. The number of nitrogens with zero attached hydrogens (tertiary/aromatic N) is 6. The van der Waals surface area contributed by atoms with E-state index in [-0.39, 0.29) is 24.8 Å². The van der Waals surface area contributed by atoms with Gasteiger partial charge in [-0.1, -0.05) is 37.6 Å². The summed E-state index contributed by atoms with van der Waals surface area (Å²) in [5.41, 5.74) is 4.76. The monoisotopic (exact) mass is 798 g/mol. The first-order chi connectivity index (χ1) is 27.9. The second-order valence-corrected chi connectivity index (χ2v) is 15.1. The van der Waals surface area contributed by atoms with Gasteiger partial charge in [-0.15, -0.1) is 5.10 Å². The van der Waals surface area contributed by atoms with Crippen LogP contribution in [0, 0.1) is 0 Å². The van der Waals surface area contributed by atoms with Crippen LogP contribution >= 0.6 is 0 Å². The van der Waals surface area contributed by atoms with Crippen LogP contribution in [0.15, 0.2) is 66.9 Å². The molecule has 0 saturated heterocycles. The van der Waals surface area contributed by atoms with Gasteiger partial charge >= 0.3 is 12.1 Å². The van der Waals surface area contributed by atoms with Crippen LogP contribution < -0.4 is 28.6 Å². The zero-order valence-corrected chi connectivity index (χ0v) is 35.3. The van der Waals surface area contributed by atoms with Crippen LogP contribution in [0.1, 0.15) is 74.9 Å². The van der Waals surface area contributed by atoms with Crippen LogP contribution in [-0.4, -0.2) is 96.0 Å². The van der Waals surface area contributed by atoms with Crippen molar-refractivity contribution >= 4 is 17.6 Å². The maximum absolute atomic E-state index is 12.5. The molecule has 1 amide bonds. The summed E-state index contributed by atoms with van der Waals surface area (Å²) in [7, 11) is 8.26. The Morgan fingerprint density at radius 1 is 0.845 bits per heavy atom. The summed E-state index contributed by atoms with van der Waals surface area (Å²) in [5, 5.41) is 14.8. The molecule has 5 rings (SSSR count). The van der Waals surface area contributed by atoms with E-state index < -0.39 is 5.60 Å². The normalized spacial score (nSPS) is 11.9. The van der Waals surface area contributed by atoms with Gasteiger partial charge < -0.3 is 43.3 Å². The number of fused-ring (bicyclic) bond motifs is 1. The molecule has 312 valence electrons. The summed E-state index contributed by atoms with van der Waals surface area (Å²) in [5.74, 6) is 3.20. The summed E-state index contributed by atoms with van der Waals surface area (Å²) in [6.07, 6.45) is 4.44. The van der Waals surface area contributed by atoms with Crippen molar-refractivity contribution in [2.24, 2.45) is 0 Å². The highest BCUT2D eigenvalue weighted by Gasteiger charge is 2.25. The third-order valence-corrected chi connectivity index (χ3v) is 9.59. The summed E-state index contributed by atoms with van der Waals surface area (Å²) in [6.45, 7) is 8.90. The van der Waals surface area contributed by atoms with E-state index >= 15 is 0 Å². The third-order valence-electron chi connectivity index (χ3n) is 9.59. The minimum Gasteiger partial charge on any atom is -0.497 e. The topological polar surface area (TPSA) is 142 Å². The van der Waals surface area contributed by atoms with Crippen molar-refractivity contribution < 1.29 is 38.3 Å². The molecule has 1 atom stereocenters. The van der Waals surface area contributed by atoms with E-state index in [4.69, 9.17) is 43.5 Å². The van der Waals surface area contributed by atoms with E-state index in [0.717, 1.165) is 40.8 Å². The zero-order chi connectivity index (χ0) is 41.8. The highest BCUT2D eigenvalue weighted by molar-refractivity contribution is 5.68. The number of imidazole rings is 1. The number of hydrogen-bond donors (Lipinski definition) is 1. The van der Waals surface area contributed by atoms with Gasteiger partial charge in [0.1, 0.15) is 34.7 Å². The number of anilines is 1. The summed E-state index contributed by atoms with van der Waals surface area (Å²) >= 11 is 0. The van der Waals surface area contributed by atoms with Gasteiger partial charge in [0.25, 0.3) is 0 Å². The Labute approximate surface area is 341 Å². The fraction of sp³-hybridized carbons (Fsp3) is 0.455. The molecule has 58 heavy (non-hydrogen) atoms. The van der Waals surface area contributed by atoms with Crippen LogP contribution in [0.3, 0.4) is 0 Å². The lowest BCUT2D eigenvalue weighted by atomic mass is 10.1. The highest BCUT2D eigenvalue weighted by atomic mass is 16.6. The number of ether oxygens (including phenoxy) is 6. The van der Waals surface area contributed by atoms with Crippen LogP contribution in [0.5, 0.6) is 29.0 Å². The van der Waals surface area contributed by atoms with E-state index in [1.54, 1.807) is 44.9 Å². The molecule has 0 fully saturated rings. The van der Waals surface area contributed by atoms with Crippen molar-refractivity contribution in [1.29, 1.82) is 0 Å². The first-order valence-corrected chi connectivity index (χ1v) is 19.6. The summed E-state index contributed by atoms with van der Waals surface area (Å²) < 4.78 is 36.4. The smallest absolute Gasteiger partial charge is 0.410 e. The molecular formula is C44H58N6O8. The lowest BCUT2D eigenvalue weighted by Gasteiger charge is -2.27. The molecule has 0 saturated carbocycles. The molecule has 0 aliphatic carbocycles. The Bertz CT molecular complexity index is 2040. The molecule has 14 heteroatoms. The Morgan fingerprint density at radius 3 is 1.98 bits per heavy atom. The van der Waals surface area contributed by atoms with Gasteiger partial charge in [-0.05, 0) is 69.0 Å². The van der Waals surface area contributed by atoms with E-state index in [1.165, 1.54) is 0 Å². The molecule has 14 nitrogen and oxygen atoms in total. The van der Waals surface area contributed by atoms with E-state index in [0.29, 0.717) is 73.4 Å². The van der Waals surface area contributed by atoms with Gasteiger partial charge in [-0.25, -0.2) is 14.3 Å². The van der Waals surface area contributed by atoms with Crippen molar-refractivity contribution in [2.75, 3.05) is 53.5 Å². The Hall–Kier alpha value is -5.76. The average molecular weight is 799 g/mol. The van der Waals surface area contributed by atoms with Crippen molar-refractivity contribution in [2.45, 2.75) is 84.6 Å². The number of aromatic nitrogens is 4. The van der Waals surface area contributed by atoms with Crippen molar-refractivity contribution in [3.63, 3.8) is 0 Å². The summed E-state index contributed by atoms with van der Waals surface area (Å²) in [6, 6.07) is 19.9. The van der Waals surface area contributed by atoms with Crippen molar-refractivity contribution in [1.82, 2.24) is 24.5 Å². The average Bonchev–Trinajstić information content (AvgIpc) is 3.61. The summed E-state index contributed by atoms with van der Waals surface area (Å²) in [4.78, 5) is 26.1. The molecule has 1 unspecified atom stereocenters. The third kappa shape index (κ3) is 11.4. The maximum Gasteiger partial charge on any atom is 0.410 e. The van der Waals surface area contributed by atoms with Crippen LogP contribution in [0.25, 0.3) is 5.65 Å². The molecule has 0 bridgehead atoms. The fourth-order valence-electron chi connectivity index (χ4n) is 6.50.